The van der Waals surface area contributed by atoms with Crippen molar-refractivity contribution >= 4 is 22.7 Å². The normalized spacial score (nSPS) is 10.8. The van der Waals surface area contributed by atoms with Crippen LogP contribution in [0.2, 0.25) is 0 Å². The zero-order valence-electron chi connectivity index (χ0n) is 15.3. The van der Waals surface area contributed by atoms with Crippen LogP contribution >= 0.6 is 0 Å². The van der Waals surface area contributed by atoms with Crippen LogP contribution in [0.3, 0.4) is 0 Å². The zero-order chi connectivity index (χ0) is 19.5. The Balaban J connectivity index is 1.55. The first-order valence-electron chi connectivity index (χ1n) is 8.82. The molecule has 0 saturated carbocycles. The topological polar surface area (TPSA) is 76.4 Å². The lowest BCUT2D eigenvalue weighted by atomic mass is 10.1. The molecule has 4 rings (SSSR count). The molecule has 0 aliphatic carbocycles. The van der Waals surface area contributed by atoms with E-state index in [1.807, 2.05) is 48.8 Å². The summed E-state index contributed by atoms with van der Waals surface area (Å²) in [5.41, 5.74) is 5.07. The van der Waals surface area contributed by atoms with E-state index in [2.05, 4.69) is 20.9 Å². The third-order valence-corrected chi connectivity index (χ3v) is 4.57. The fourth-order valence-corrected chi connectivity index (χ4v) is 3.16. The standard InChI is InChI=1S/C22H19N3O3/c1-28-21-12-16(9-10-18(21)22(26)27)23-13-15-5-4-6-17(11-15)25-14-24-19-7-2-3-8-20(19)25/h2-12,14,23H,13H2,1H3,(H,26,27). The van der Waals surface area contributed by atoms with E-state index < -0.39 is 5.97 Å². The van der Waals surface area contributed by atoms with E-state index in [-0.39, 0.29) is 5.56 Å². The first-order valence-corrected chi connectivity index (χ1v) is 8.82. The van der Waals surface area contributed by atoms with Gasteiger partial charge in [-0.1, -0.05) is 24.3 Å². The van der Waals surface area contributed by atoms with Crippen molar-refractivity contribution in [3.8, 4) is 11.4 Å². The molecule has 0 radical (unpaired) electrons. The number of nitrogens with one attached hydrogen (secondary N) is 1. The van der Waals surface area contributed by atoms with Crippen molar-refractivity contribution in [3.05, 3.63) is 84.2 Å². The molecule has 4 aromatic rings. The molecule has 0 unspecified atom stereocenters. The third kappa shape index (κ3) is 3.40. The van der Waals surface area contributed by atoms with Crippen molar-refractivity contribution in [3.63, 3.8) is 0 Å². The van der Waals surface area contributed by atoms with Crippen LogP contribution < -0.4 is 10.1 Å². The first-order chi connectivity index (χ1) is 13.7. The molecular weight excluding hydrogens is 354 g/mol. The number of ether oxygens (including phenoxy) is 1. The van der Waals surface area contributed by atoms with Crippen LogP contribution in [0.15, 0.2) is 73.1 Å². The van der Waals surface area contributed by atoms with Gasteiger partial charge in [-0.05, 0) is 42.0 Å². The van der Waals surface area contributed by atoms with Crippen molar-refractivity contribution in [2.75, 3.05) is 12.4 Å². The molecule has 0 aliphatic heterocycles. The van der Waals surface area contributed by atoms with Crippen LogP contribution in [0.4, 0.5) is 5.69 Å². The number of fused-ring (bicyclic) bond motifs is 1. The Labute approximate surface area is 162 Å². The van der Waals surface area contributed by atoms with Gasteiger partial charge >= 0.3 is 5.97 Å². The molecule has 28 heavy (non-hydrogen) atoms. The first kappa shape index (κ1) is 17.6. The van der Waals surface area contributed by atoms with Gasteiger partial charge in [0.25, 0.3) is 0 Å². The molecule has 2 N–H and O–H groups in total. The van der Waals surface area contributed by atoms with Gasteiger partial charge in [-0.2, -0.15) is 0 Å². The second kappa shape index (κ2) is 7.44. The maximum absolute atomic E-state index is 11.2. The highest BCUT2D eigenvalue weighted by molar-refractivity contribution is 5.91. The number of aromatic carboxylic acids is 1. The van der Waals surface area contributed by atoms with Crippen LogP contribution in [-0.2, 0) is 6.54 Å². The van der Waals surface area contributed by atoms with E-state index in [1.54, 1.807) is 12.1 Å². The summed E-state index contributed by atoms with van der Waals surface area (Å²) in [6.07, 6.45) is 1.83. The van der Waals surface area contributed by atoms with Crippen molar-refractivity contribution in [1.29, 1.82) is 0 Å². The number of benzene rings is 3. The zero-order valence-corrected chi connectivity index (χ0v) is 15.3. The van der Waals surface area contributed by atoms with E-state index in [0.717, 1.165) is 28.0 Å². The van der Waals surface area contributed by atoms with Gasteiger partial charge in [-0.15, -0.1) is 0 Å². The van der Waals surface area contributed by atoms with Crippen LogP contribution in [-0.4, -0.2) is 27.7 Å². The van der Waals surface area contributed by atoms with Crippen LogP contribution in [0, 0.1) is 0 Å². The number of hydrogen-bond acceptors (Lipinski definition) is 4. The summed E-state index contributed by atoms with van der Waals surface area (Å²) >= 11 is 0. The molecule has 0 atom stereocenters. The highest BCUT2D eigenvalue weighted by atomic mass is 16.5. The lowest BCUT2D eigenvalue weighted by Crippen LogP contribution is -2.04. The molecule has 6 nitrogen and oxygen atoms in total. The Morgan fingerprint density at radius 2 is 1.96 bits per heavy atom. The van der Waals surface area contributed by atoms with Crippen LogP contribution in [0.25, 0.3) is 16.7 Å². The Morgan fingerprint density at radius 3 is 2.79 bits per heavy atom. The lowest BCUT2D eigenvalue weighted by molar-refractivity contribution is 0.0693. The molecule has 1 aromatic heterocycles. The molecular formula is C22H19N3O3. The molecule has 3 aromatic carbocycles. The van der Waals surface area contributed by atoms with Gasteiger partial charge in [0.15, 0.2) is 0 Å². The minimum atomic E-state index is -1.01. The highest BCUT2D eigenvalue weighted by Gasteiger charge is 2.11. The summed E-state index contributed by atoms with van der Waals surface area (Å²) in [6.45, 7) is 0.593. The molecule has 0 amide bonds. The van der Waals surface area contributed by atoms with Gasteiger partial charge in [0.2, 0.25) is 0 Å². The summed E-state index contributed by atoms with van der Waals surface area (Å²) in [5.74, 6) is -0.681. The Bertz CT molecular complexity index is 1150. The fourth-order valence-electron chi connectivity index (χ4n) is 3.16. The summed E-state index contributed by atoms with van der Waals surface area (Å²) in [7, 11) is 1.46. The van der Waals surface area contributed by atoms with E-state index in [9.17, 15) is 9.90 Å². The van der Waals surface area contributed by atoms with Gasteiger partial charge in [0.05, 0.1) is 18.1 Å². The number of para-hydroxylation sites is 2. The predicted octanol–water partition coefficient (Wildman–Crippen LogP) is 4.34. The maximum atomic E-state index is 11.2. The summed E-state index contributed by atoms with van der Waals surface area (Å²) in [4.78, 5) is 15.7. The van der Waals surface area contributed by atoms with E-state index in [0.29, 0.717) is 12.3 Å². The predicted molar refractivity (Wildman–Crippen MR) is 108 cm³/mol. The minimum Gasteiger partial charge on any atom is -0.496 e. The Kier molecular flexibility index (Phi) is 4.68. The van der Waals surface area contributed by atoms with E-state index in [4.69, 9.17) is 4.74 Å². The number of methoxy groups -OCH3 is 1. The smallest absolute Gasteiger partial charge is 0.339 e. The number of rotatable bonds is 6. The number of carboxylic acids is 1. The number of nitrogens with zero attached hydrogens (tertiary/aromatic N) is 2. The summed E-state index contributed by atoms with van der Waals surface area (Å²) < 4.78 is 7.24. The number of hydrogen-bond donors (Lipinski definition) is 2. The van der Waals surface area contributed by atoms with Gasteiger partial charge in [-0.3, -0.25) is 4.57 Å². The number of carbonyl (C=O) groups is 1. The van der Waals surface area contributed by atoms with Crippen molar-refractivity contribution in [2.45, 2.75) is 6.54 Å². The largest absolute Gasteiger partial charge is 0.496 e. The number of aromatic nitrogens is 2. The third-order valence-electron chi connectivity index (χ3n) is 4.57. The average molecular weight is 373 g/mol. The Morgan fingerprint density at radius 1 is 1.11 bits per heavy atom. The molecule has 0 bridgehead atoms. The monoisotopic (exact) mass is 373 g/mol. The second-order valence-corrected chi connectivity index (χ2v) is 6.35. The SMILES string of the molecule is COc1cc(NCc2cccc(-n3cnc4ccccc43)c2)ccc1C(=O)O. The minimum absolute atomic E-state index is 0.141. The van der Waals surface area contributed by atoms with Crippen molar-refractivity contribution in [2.24, 2.45) is 0 Å². The quantitative estimate of drug-likeness (QED) is 0.526. The van der Waals surface area contributed by atoms with Crippen molar-refractivity contribution in [1.82, 2.24) is 9.55 Å². The molecule has 140 valence electrons. The summed E-state index contributed by atoms with van der Waals surface area (Å²) in [6, 6.07) is 21.2. The van der Waals surface area contributed by atoms with Crippen LogP contribution in [0.5, 0.6) is 5.75 Å². The maximum Gasteiger partial charge on any atom is 0.339 e. The fraction of sp³-hybridized carbons (Fsp3) is 0.0909. The van der Waals surface area contributed by atoms with Gasteiger partial charge in [-0.25, -0.2) is 9.78 Å². The number of anilines is 1. The summed E-state index contributed by atoms with van der Waals surface area (Å²) in [5, 5.41) is 12.5. The molecule has 0 aliphatic rings. The molecule has 0 fully saturated rings. The molecule has 1 heterocycles. The van der Waals surface area contributed by atoms with Crippen LogP contribution in [0.1, 0.15) is 15.9 Å². The molecule has 0 spiro atoms. The van der Waals surface area contributed by atoms with E-state index >= 15 is 0 Å². The van der Waals surface area contributed by atoms with Gasteiger partial charge in [0, 0.05) is 24.0 Å². The van der Waals surface area contributed by atoms with Gasteiger partial charge in [0.1, 0.15) is 17.6 Å². The van der Waals surface area contributed by atoms with Crippen molar-refractivity contribution < 1.29 is 14.6 Å². The lowest BCUT2D eigenvalue weighted by Gasteiger charge is -2.11. The number of carboxylic acid groups (broad SMARTS) is 1. The van der Waals surface area contributed by atoms with Gasteiger partial charge < -0.3 is 15.2 Å². The van der Waals surface area contributed by atoms with E-state index in [1.165, 1.54) is 13.2 Å². The second-order valence-electron chi connectivity index (χ2n) is 6.35. The molecule has 6 heteroatoms. The average Bonchev–Trinajstić information content (AvgIpc) is 3.16. The number of imidazole rings is 1. The Hall–Kier alpha value is -3.80. The highest BCUT2D eigenvalue weighted by Crippen LogP contribution is 2.24. The molecule has 0 saturated heterocycles.